The Labute approximate surface area is 111 Å². The molecule has 0 radical (unpaired) electrons. The topological polar surface area (TPSA) is 44.8 Å². The van der Waals surface area contributed by atoms with E-state index in [1.54, 1.807) is 12.1 Å². The second kappa shape index (κ2) is 5.48. The molecule has 0 saturated carbocycles. The highest BCUT2D eigenvalue weighted by molar-refractivity contribution is 6.32. The number of ether oxygens (including phenoxy) is 3. The summed E-state index contributed by atoms with van der Waals surface area (Å²) in [5, 5.41) is 0.472. The van der Waals surface area contributed by atoms with Crippen molar-refractivity contribution < 1.29 is 19.0 Å². The molecular formula is C13H15ClO4. The summed E-state index contributed by atoms with van der Waals surface area (Å²) in [4.78, 5) is 11.6. The Morgan fingerprint density at radius 3 is 3.00 bits per heavy atom. The van der Waals surface area contributed by atoms with E-state index in [0.717, 1.165) is 12.0 Å². The first-order valence-corrected chi connectivity index (χ1v) is 6.24. The maximum atomic E-state index is 11.6. The molecule has 18 heavy (non-hydrogen) atoms. The zero-order valence-corrected chi connectivity index (χ0v) is 11.1. The summed E-state index contributed by atoms with van der Waals surface area (Å²) in [6.07, 6.45) is 0.765. The Hall–Kier alpha value is -1.42. The number of benzene rings is 1. The first-order chi connectivity index (χ1) is 8.61. The van der Waals surface area contributed by atoms with Gasteiger partial charge in [-0.15, -0.1) is 0 Å². The largest absolute Gasteiger partial charge is 0.461 e. The van der Waals surface area contributed by atoms with E-state index in [1.165, 1.54) is 0 Å². The average molecular weight is 271 g/mol. The third-order valence-corrected chi connectivity index (χ3v) is 3.16. The summed E-state index contributed by atoms with van der Waals surface area (Å²) in [6, 6.07) is 3.50. The van der Waals surface area contributed by atoms with Crippen LogP contribution in [0.3, 0.4) is 0 Å². The fourth-order valence-corrected chi connectivity index (χ4v) is 1.86. The van der Waals surface area contributed by atoms with Crippen molar-refractivity contribution >= 4 is 17.6 Å². The van der Waals surface area contributed by atoms with Crippen LogP contribution < -0.4 is 9.47 Å². The molecule has 1 aromatic rings. The fraction of sp³-hybridized carbons (Fsp3) is 0.462. The van der Waals surface area contributed by atoms with E-state index in [9.17, 15) is 4.79 Å². The number of carbonyl (C=O) groups excluding carboxylic acids is 1. The van der Waals surface area contributed by atoms with Crippen LogP contribution in [0.5, 0.6) is 11.5 Å². The van der Waals surface area contributed by atoms with Gasteiger partial charge in [0, 0.05) is 0 Å². The number of halogens is 1. The van der Waals surface area contributed by atoms with Crippen LogP contribution in [0.1, 0.15) is 25.8 Å². The monoisotopic (exact) mass is 270 g/mol. The summed E-state index contributed by atoms with van der Waals surface area (Å²) in [5.74, 6) is 0.853. The van der Waals surface area contributed by atoms with E-state index in [2.05, 4.69) is 0 Å². The van der Waals surface area contributed by atoms with Crippen molar-refractivity contribution in [2.45, 2.75) is 26.9 Å². The lowest BCUT2D eigenvalue weighted by atomic mass is 10.1. The molecule has 1 aliphatic heterocycles. The van der Waals surface area contributed by atoms with E-state index in [-0.39, 0.29) is 25.3 Å². The van der Waals surface area contributed by atoms with E-state index in [1.807, 2.05) is 13.8 Å². The Bertz CT molecular complexity index is 459. The molecule has 2 rings (SSSR count). The minimum absolute atomic E-state index is 0.0884. The predicted molar refractivity (Wildman–Crippen MR) is 66.8 cm³/mol. The molecule has 5 heteroatoms. The molecule has 0 amide bonds. The molecule has 0 N–H and O–H groups in total. The minimum atomic E-state index is -0.203. The molecule has 1 aliphatic rings. The fourth-order valence-electron chi connectivity index (χ4n) is 1.57. The molecule has 1 aromatic carbocycles. The summed E-state index contributed by atoms with van der Waals surface area (Å²) in [6.45, 7) is 4.16. The number of esters is 1. The number of hydrogen-bond donors (Lipinski definition) is 0. The van der Waals surface area contributed by atoms with Gasteiger partial charge in [-0.25, -0.2) is 0 Å². The van der Waals surface area contributed by atoms with Gasteiger partial charge in [-0.1, -0.05) is 25.4 Å². The molecule has 0 spiro atoms. The lowest BCUT2D eigenvalue weighted by Crippen LogP contribution is -2.13. The van der Waals surface area contributed by atoms with Gasteiger partial charge in [-0.3, -0.25) is 4.79 Å². The van der Waals surface area contributed by atoms with Crippen molar-refractivity contribution in [3.63, 3.8) is 0 Å². The first kappa shape index (κ1) is 13.0. The van der Waals surface area contributed by atoms with E-state index in [0.29, 0.717) is 16.5 Å². The zero-order chi connectivity index (χ0) is 13.1. The highest BCUT2D eigenvalue weighted by Crippen LogP contribution is 2.39. The van der Waals surface area contributed by atoms with Gasteiger partial charge in [0.2, 0.25) is 6.79 Å². The molecule has 0 aromatic heterocycles. The van der Waals surface area contributed by atoms with Crippen LogP contribution in [-0.4, -0.2) is 12.8 Å². The molecule has 1 atom stereocenters. The Morgan fingerprint density at radius 2 is 2.28 bits per heavy atom. The maximum absolute atomic E-state index is 11.6. The number of hydrogen-bond acceptors (Lipinski definition) is 4. The number of carbonyl (C=O) groups is 1. The third-order valence-electron chi connectivity index (χ3n) is 2.88. The minimum Gasteiger partial charge on any atom is -0.461 e. The van der Waals surface area contributed by atoms with E-state index >= 15 is 0 Å². The predicted octanol–water partition coefficient (Wildman–Crippen LogP) is 3.16. The molecule has 0 saturated heterocycles. The second-order valence-electron chi connectivity index (χ2n) is 4.23. The van der Waals surface area contributed by atoms with Gasteiger partial charge < -0.3 is 14.2 Å². The lowest BCUT2D eigenvalue weighted by Gasteiger charge is -2.10. The molecule has 1 heterocycles. The zero-order valence-electron chi connectivity index (χ0n) is 10.4. The highest BCUT2D eigenvalue weighted by atomic mass is 35.5. The van der Waals surface area contributed by atoms with Crippen molar-refractivity contribution in [2.24, 2.45) is 5.92 Å². The number of fused-ring (bicyclic) bond motifs is 1. The van der Waals surface area contributed by atoms with Gasteiger partial charge in [0.1, 0.15) is 6.61 Å². The lowest BCUT2D eigenvalue weighted by molar-refractivity contribution is -0.149. The van der Waals surface area contributed by atoms with Crippen LogP contribution in [0.25, 0.3) is 0 Å². The van der Waals surface area contributed by atoms with Gasteiger partial charge >= 0.3 is 5.97 Å². The van der Waals surface area contributed by atoms with Gasteiger partial charge in [0.25, 0.3) is 0 Å². The summed E-state index contributed by atoms with van der Waals surface area (Å²) in [7, 11) is 0. The van der Waals surface area contributed by atoms with Crippen molar-refractivity contribution in [1.82, 2.24) is 0 Å². The molecular weight excluding hydrogens is 256 g/mol. The average Bonchev–Trinajstić information content (AvgIpc) is 2.83. The van der Waals surface area contributed by atoms with Crippen LogP contribution in [0.15, 0.2) is 12.1 Å². The van der Waals surface area contributed by atoms with Gasteiger partial charge in [0.05, 0.1) is 10.9 Å². The van der Waals surface area contributed by atoms with Gasteiger partial charge in [0.15, 0.2) is 11.5 Å². The van der Waals surface area contributed by atoms with Crippen molar-refractivity contribution in [3.8, 4) is 11.5 Å². The summed E-state index contributed by atoms with van der Waals surface area (Å²) in [5.41, 5.74) is 0.793. The maximum Gasteiger partial charge on any atom is 0.308 e. The molecule has 98 valence electrons. The second-order valence-corrected chi connectivity index (χ2v) is 4.64. The Morgan fingerprint density at radius 1 is 1.50 bits per heavy atom. The van der Waals surface area contributed by atoms with E-state index < -0.39 is 0 Å². The Balaban J connectivity index is 2.03. The third kappa shape index (κ3) is 2.70. The van der Waals surface area contributed by atoms with Crippen LogP contribution in [0.2, 0.25) is 5.02 Å². The van der Waals surface area contributed by atoms with Crippen molar-refractivity contribution in [2.75, 3.05) is 6.79 Å². The SMILES string of the molecule is CCC(C)C(=O)OCc1cc(Cl)c2c(c1)OCO2. The molecule has 0 aliphatic carbocycles. The van der Waals surface area contributed by atoms with Crippen LogP contribution in [-0.2, 0) is 16.1 Å². The molecule has 0 fully saturated rings. The molecule has 0 bridgehead atoms. The highest BCUT2D eigenvalue weighted by Gasteiger charge is 2.19. The normalized spacial score (nSPS) is 14.4. The smallest absolute Gasteiger partial charge is 0.308 e. The summed E-state index contributed by atoms with van der Waals surface area (Å²) < 4.78 is 15.7. The van der Waals surface area contributed by atoms with Crippen LogP contribution in [0, 0.1) is 5.92 Å². The Kier molecular flexibility index (Phi) is 3.97. The standard InChI is InChI=1S/C13H15ClO4/c1-3-8(2)13(15)16-6-9-4-10(14)12-11(5-9)17-7-18-12/h4-5,8H,3,6-7H2,1-2H3. The quantitative estimate of drug-likeness (QED) is 0.789. The molecule has 4 nitrogen and oxygen atoms in total. The van der Waals surface area contributed by atoms with Gasteiger partial charge in [-0.2, -0.15) is 0 Å². The first-order valence-electron chi connectivity index (χ1n) is 5.86. The summed E-state index contributed by atoms with van der Waals surface area (Å²) >= 11 is 6.03. The number of rotatable bonds is 4. The van der Waals surface area contributed by atoms with Crippen LogP contribution in [0.4, 0.5) is 0 Å². The molecule has 1 unspecified atom stereocenters. The van der Waals surface area contributed by atoms with Crippen molar-refractivity contribution in [3.05, 3.63) is 22.7 Å². The van der Waals surface area contributed by atoms with Crippen LogP contribution >= 0.6 is 11.6 Å². The van der Waals surface area contributed by atoms with Crippen molar-refractivity contribution in [1.29, 1.82) is 0 Å². The van der Waals surface area contributed by atoms with Gasteiger partial charge in [-0.05, 0) is 24.1 Å². The van der Waals surface area contributed by atoms with E-state index in [4.69, 9.17) is 25.8 Å².